The van der Waals surface area contributed by atoms with E-state index in [-0.39, 0.29) is 84.6 Å². The van der Waals surface area contributed by atoms with Gasteiger partial charge in [0.15, 0.2) is 11.6 Å². The zero-order valence-corrected chi connectivity index (χ0v) is 83.5. The van der Waals surface area contributed by atoms with E-state index in [2.05, 4.69) is 109 Å². The largest absolute Gasteiger partial charge is 0.382 e. The maximum absolute atomic E-state index is 12.9. The summed E-state index contributed by atoms with van der Waals surface area (Å²) in [5.41, 5.74) is 15.8. The van der Waals surface area contributed by atoms with Gasteiger partial charge in [0.1, 0.15) is 51.2 Å². The van der Waals surface area contributed by atoms with Gasteiger partial charge in [0.2, 0.25) is 0 Å². The number of para-hydroxylation sites is 3. The number of aromatic nitrogens is 7. The van der Waals surface area contributed by atoms with Crippen LogP contribution >= 0.6 is 22.9 Å². The Morgan fingerprint density at radius 2 is 0.757 bits per heavy atom. The first-order valence-electron chi connectivity index (χ1n) is 47.7. The van der Waals surface area contributed by atoms with Crippen LogP contribution in [0.15, 0.2) is 279 Å². The van der Waals surface area contributed by atoms with Crippen molar-refractivity contribution in [1.82, 2.24) is 50.8 Å². The second-order valence-corrected chi connectivity index (χ2v) is 35.1. The predicted molar refractivity (Wildman–Crippen MR) is 575 cm³/mol. The highest BCUT2D eigenvalue weighted by atomic mass is 35.5. The monoisotopic (exact) mass is 1970 g/mol. The summed E-state index contributed by atoms with van der Waals surface area (Å²) in [4.78, 5) is 154. The summed E-state index contributed by atoms with van der Waals surface area (Å²) in [6, 6.07) is 72.4. The van der Waals surface area contributed by atoms with Crippen LogP contribution in [-0.4, -0.2) is 120 Å². The molecule has 1 aliphatic rings. The Bertz CT molecular complexity index is 6690. The average molecular weight is 1980 g/mol. The molecule has 0 spiro atoms. The molecule has 742 valence electrons. The lowest BCUT2D eigenvalue weighted by Crippen LogP contribution is -2.29. The Morgan fingerprint density at radius 3 is 1.24 bits per heavy atom. The van der Waals surface area contributed by atoms with E-state index >= 15 is 0 Å². The highest BCUT2D eigenvalue weighted by molar-refractivity contribution is 7.09. The number of hydrogen-bond acceptors (Lipinski definition) is 23. The van der Waals surface area contributed by atoms with Crippen molar-refractivity contribution in [3.63, 3.8) is 0 Å². The third-order valence-corrected chi connectivity index (χ3v) is 22.7. The molecule has 14 aromatic rings. The molecule has 0 saturated heterocycles. The summed E-state index contributed by atoms with van der Waals surface area (Å²) in [5, 5.41) is 44.4. The van der Waals surface area contributed by atoms with Gasteiger partial charge in [0, 0.05) is 163 Å². The van der Waals surface area contributed by atoms with Crippen LogP contribution in [0.5, 0.6) is 0 Å². The molecule has 15 rings (SSSR count). The Balaban J connectivity index is 0.000000172. The Hall–Kier alpha value is -16.7. The molecule has 0 radical (unpaired) electrons. The van der Waals surface area contributed by atoms with E-state index in [1.54, 1.807) is 54.9 Å². The molecule has 8 aromatic carbocycles. The van der Waals surface area contributed by atoms with E-state index < -0.39 is 0 Å². The van der Waals surface area contributed by atoms with Gasteiger partial charge in [-0.05, 0) is 205 Å². The fourth-order valence-corrected chi connectivity index (χ4v) is 15.7. The number of nitrogens with zero attached hydrogens (tertiary/aromatic N) is 7. The molecule has 0 atom stereocenters. The summed E-state index contributed by atoms with van der Waals surface area (Å²) >= 11 is 7.48. The molecular weight excluding hydrogens is 1850 g/mol. The number of amides is 9. The third kappa shape index (κ3) is 35.9. The van der Waals surface area contributed by atoms with Crippen molar-refractivity contribution in [3.05, 3.63) is 356 Å². The second kappa shape index (κ2) is 56.5. The first-order valence-corrected chi connectivity index (χ1v) is 48.9. The number of ketones is 4. The van der Waals surface area contributed by atoms with Gasteiger partial charge in [-0.15, -0.1) is 11.3 Å². The van der Waals surface area contributed by atoms with Gasteiger partial charge in [-0.3, -0.25) is 54.5 Å². The quantitative estimate of drug-likeness (QED) is 0.0162. The first kappa shape index (κ1) is 108. The third-order valence-electron chi connectivity index (χ3n) is 21.7. The number of aryl methyl sites for hydroxylation is 4. The van der Waals surface area contributed by atoms with Crippen LogP contribution in [-0.2, 0) is 35.3 Å². The van der Waals surface area contributed by atoms with Crippen LogP contribution in [0.4, 0.5) is 100 Å². The van der Waals surface area contributed by atoms with Gasteiger partial charge in [-0.2, -0.15) is 0 Å². The molecule has 0 unspecified atom stereocenters. The summed E-state index contributed by atoms with van der Waals surface area (Å²) in [6.07, 6.45) is 18.4. The number of benzene rings is 8. The number of halogens is 1. The summed E-state index contributed by atoms with van der Waals surface area (Å²) in [7, 11) is 0. The number of carbonyl (C=O) groups excluding carboxylic acids is 10. The van der Waals surface area contributed by atoms with Crippen molar-refractivity contribution >= 4 is 168 Å². The topological polar surface area (TPSA) is 429 Å². The van der Waals surface area contributed by atoms with Crippen molar-refractivity contribution < 1.29 is 47.9 Å². The van der Waals surface area contributed by atoms with E-state index in [1.807, 2.05) is 262 Å². The van der Waals surface area contributed by atoms with Gasteiger partial charge in [-0.25, -0.2) is 44.3 Å². The minimum absolute atomic E-state index is 0.0518. The molecule has 1 aliphatic carbocycles. The van der Waals surface area contributed by atoms with Gasteiger partial charge in [0.25, 0.3) is 17.7 Å². The fourth-order valence-electron chi connectivity index (χ4n) is 14.9. The normalized spacial score (nSPS) is 11.1. The van der Waals surface area contributed by atoms with Gasteiger partial charge >= 0.3 is 18.1 Å². The number of Topliss-reactive ketones (excluding diaryl/α,β-unsaturated/α-hetero) is 4. The summed E-state index contributed by atoms with van der Waals surface area (Å²) < 4.78 is 0. The van der Waals surface area contributed by atoms with Crippen LogP contribution in [0.1, 0.15) is 189 Å². The Morgan fingerprint density at radius 1 is 0.354 bits per heavy atom. The van der Waals surface area contributed by atoms with Crippen molar-refractivity contribution in [1.29, 1.82) is 0 Å². The van der Waals surface area contributed by atoms with Gasteiger partial charge in [0.05, 0.1) is 57.8 Å². The van der Waals surface area contributed by atoms with Crippen molar-refractivity contribution in [2.45, 2.75) is 152 Å². The lowest BCUT2D eigenvalue weighted by molar-refractivity contribution is -0.119. The van der Waals surface area contributed by atoms with E-state index in [0.717, 1.165) is 86.9 Å². The molecule has 1 saturated carbocycles. The maximum atomic E-state index is 12.9. The van der Waals surface area contributed by atoms with Crippen LogP contribution in [0.25, 0.3) is 0 Å². The SMILES string of the molecule is CCCC(=O)Cc1cc(Nc2cccc(C)c2)c(C(=O)Cc2nccs2)cn1.CCCC(=O)Cc1ncc(C(=O)Nc2ccccc2)c(Nc2ccccc2)n1.CCNC(=O)Nc1cc(NC2CCCCC2)c(C(=O)Nc2cccc(C)c2)cn1.CCNC(=O)Nc1cc(Nc2cccc(C)c2)c(C(=O)Nc2cccc(C)c2)cn1.CCNC(=O)Nc1cc(Nc2ccccc2)c(C(=O)Cc2cccc(Cl)c2)cn1. The highest BCUT2D eigenvalue weighted by Gasteiger charge is 2.25. The Labute approximate surface area is 847 Å². The highest BCUT2D eigenvalue weighted by Crippen LogP contribution is 2.33. The average Bonchev–Trinajstić information content (AvgIpc) is 1.07. The molecular formula is C111H120ClN21O10S. The molecule has 0 bridgehead atoms. The smallest absolute Gasteiger partial charge is 0.320 e. The number of hydrogen-bond donors (Lipinski definition) is 14. The maximum Gasteiger partial charge on any atom is 0.320 e. The summed E-state index contributed by atoms with van der Waals surface area (Å²) in [6.45, 7) is 18.9. The number of urea groups is 3. The van der Waals surface area contributed by atoms with Crippen molar-refractivity contribution in [2.75, 3.05) is 78.1 Å². The zero-order chi connectivity index (χ0) is 102. The van der Waals surface area contributed by atoms with Crippen LogP contribution in [0.2, 0.25) is 5.02 Å². The molecule has 1 fully saturated rings. The molecule has 6 heterocycles. The Kier molecular flexibility index (Phi) is 42.2. The predicted octanol–water partition coefficient (Wildman–Crippen LogP) is 23.7. The number of carbonyl (C=O) groups is 10. The van der Waals surface area contributed by atoms with Crippen LogP contribution in [0.3, 0.4) is 0 Å². The number of pyridine rings is 4. The number of anilines is 15. The number of rotatable bonds is 36. The van der Waals surface area contributed by atoms with Crippen molar-refractivity contribution in [2.24, 2.45) is 0 Å². The molecule has 0 aliphatic heterocycles. The van der Waals surface area contributed by atoms with E-state index in [9.17, 15) is 47.9 Å². The number of nitrogens with one attached hydrogen (secondary N) is 14. The minimum atomic E-state index is -0.358. The van der Waals surface area contributed by atoms with E-state index in [4.69, 9.17) is 11.6 Å². The van der Waals surface area contributed by atoms with Gasteiger partial charge in [-0.1, -0.05) is 160 Å². The van der Waals surface area contributed by atoms with Crippen molar-refractivity contribution in [3.8, 4) is 0 Å². The molecule has 14 N–H and O–H groups in total. The number of thiazole rings is 1. The molecule has 33 heteroatoms. The molecule has 9 amide bonds. The van der Waals surface area contributed by atoms with E-state index in [1.165, 1.54) is 55.4 Å². The summed E-state index contributed by atoms with van der Waals surface area (Å²) in [5.74, 6) is 1.06. The molecule has 6 aromatic heterocycles. The van der Waals surface area contributed by atoms with E-state index in [0.29, 0.717) is 140 Å². The first-order chi connectivity index (χ1) is 69.7. The fraction of sp³-hybridized carbons (Fsp3) is 0.234. The molecule has 31 nitrogen and oxygen atoms in total. The zero-order valence-electron chi connectivity index (χ0n) is 81.9. The van der Waals surface area contributed by atoms with Gasteiger partial charge < -0.3 is 58.5 Å². The lowest BCUT2D eigenvalue weighted by atomic mass is 9.95. The molecule has 144 heavy (non-hydrogen) atoms. The standard InChI is InChI=1S/C23H25N5O2.C22H21ClN4O2.C22H29N5O2.C22H22N4O2.C22H23N3O2S/c1-4-24-23(30)28-21-13-20(26-17-9-5-7-15(2)11-17)19(14-25-21)22(29)27-18-10-6-8-16(3)12-18;1-2-24-22(29)27-21-13-19(26-17-9-4-3-5-10-17)18(14-25-21)20(28)12-15-7-6-8-16(23)11-15;1-3-23-22(29)27-20-13-19(25-16-9-5-4-6-10-16)18(14-24-20)21(28)26-17-11-7-8-15(2)12-17;1-2-9-18(27)14-20-23-15-19(22(28)25-17-12-7-4-8-13-17)21(26-20)24-16-10-5-3-6-11-16;1-3-5-18(26)11-17-12-20(25-16-7-4-6-15(2)10-16)19(14-24-17)21(27)13-22-23-8-9-28-22/h5-14H,4H2,1-3H3,(H,27,29)(H3,24,25,26,28,30);3-11,13-14H,2,12H2,1H3,(H3,24,25,26,27,29);7-8,11-14,16H,3-6,9-10H2,1-2H3,(H,26,28)(H3,23,24,25,27,29);3-8,10-13,15H,2,9,14H2,1H3,(H,25,28)(H,23,24,26);4,6-10,12,14H,3,5,11,13H2,1-2H3,(H,24,25). The second-order valence-electron chi connectivity index (χ2n) is 33.7. The minimum Gasteiger partial charge on any atom is -0.382 e. The lowest BCUT2D eigenvalue weighted by Gasteiger charge is -2.25. The van der Waals surface area contributed by atoms with Crippen LogP contribution < -0.4 is 74.4 Å². The van der Waals surface area contributed by atoms with Crippen LogP contribution in [0, 0.1) is 27.7 Å².